The van der Waals surface area contributed by atoms with E-state index in [0.29, 0.717) is 5.02 Å². The molecule has 1 amide bonds. The van der Waals surface area contributed by atoms with Crippen molar-refractivity contribution < 1.29 is 14.2 Å². The van der Waals surface area contributed by atoms with Crippen LogP contribution in [0.25, 0.3) is 0 Å². The molecule has 2 rings (SSSR count). The molecule has 1 N–H and O–H groups in total. The van der Waals surface area contributed by atoms with E-state index in [1.165, 1.54) is 16.8 Å². The summed E-state index contributed by atoms with van der Waals surface area (Å²) < 4.78 is 6.47. The lowest BCUT2D eigenvalue weighted by atomic mass is 10.3. The Kier molecular flexibility index (Phi) is 4.47. The molecule has 0 saturated heterocycles. The molecule has 98 valence electrons. The van der Waals surface area contributed by atoms with Gasteiger partial charge in [-0.3, -0.25) is 0 Å². The van der Waals surface area contributed by atoms with Gasteiger partial charge in [0.25, 0.3) is 0 Å². The first-order chi connectivity index (χ1) is 9.06. The second-order valence-electron chi connectivity index (χ2n) is 3.48. The van der Waals surface area contributed by atoms with Crippen molar-refractivity contribution in [2.75, 3.05) is 5.43 Å². The smallest absolute Gasteiger partial charge is 0.404 e. The number of aromatic nitrogens is 1. The Morgan fingerprint density at radius 2 is 1.63 bits per heavy atom. The van der Waals surface area contributed by atoms with Crippen LogP contribution >= 0.6 is 34.8 Å². The van der Waals surface area contributed by atoms with Crippen LogP contribution in [0.3, 0.4) is 0 Å². The third kappa shape index (κ3) is 3.73. The molecule has 0 radical (unpaired) electrons. The number of ether oxygens (including phenoxy) is 1. The van der Waals surface area contributed by atoms with Gasteiger partial charge in [-0.1, -0.05) is 51.0 Å². The summed E-state index contributed by atoms with van der Waals surface area (Å²) >= 11 is 17.6. The van der Waals surface area contributed by atoms with Crippen LogP contribution in [-0.2, 0) is 0 Å². The lowest BCUT2D eigenvalue weighted by Crippen LogP contribution is -2.48. The van der Waals surface area contributed by atoms with Gasteiger partial charge in [0, 0.05) is 17.2 Å². The molecule has 0 spiro atoms. The maximum absolute atomic E-state index is 11.7. The summed E-state index contributed by atoms with van der Waals surface area (Å²) in [6, 6.07) is 8.20. The number of nitrogens with zero attached hydrogens (tertiary/aromatic N) is 1. The molecular weight excluding hydrogens is 311 g/mol. The van der Waals surface area contributed by atoms with E-state index in [-0.39, 0.29) is 15.8 Å². The van der Waals surface area contributed by atoms with E-state index in [1.54, 1.807) is 24.5 Å². The van der Waals surface area contributed by atoms with E-state index in [0.717, 1.165) is 0 Å². The average Bonchev–Trinajstić information content (AvgIpc) is 2.35. The standard InChI is InChI=1S/C12H7Cl3N2O2/c13-8-6-9(14)11(10(15)7-8)19-12(18)16-17-4-2-1-3-5-17/h1-7H/p+1. The van der Waals surface area contributed by atoms with Crippen molar-refractivity contribution in [1.29, 1.82) is 0 Å². The number of amides is 1. The van der Waals surface area contributed by atoms with Gasteiger partial charge in [-0.25, -0.2) is 4.79 Å². The highest BCUT2D eigenvalue weighted by Gasteiger charge is 2.15. The summed E-state index contributed by atoms with van der Waals surface area (Å²) in [5.74, 6) is 0.0572. The molecule has 0 aliphatic carbocycles. The molecule has 4 nitrogen and oxygen atoms in total. The average molecular weight is 319 g/mol. The molecule has 0 aliphatic rings. The first kappa shape index (κ1) is 13.9. The number of carbonyl (C=O) groups is 1. The molecule has 0 saturated carbocycles. The van der Waals surface area contributed by atoms with Crippen LogP contribution in [-0.4, -0.2) is 6.09 Å². The molecule has 7 heteroatoms. The zero-order valence-electron chi connectivity index (χ0n) is 9.44. The van der Waals surface area contributed by atoms with Gasteiger partial charge in [0.15, 0.2) is 18.1 Å². The van der Waals surface area contributed by atoms with Crippen molar-refractivity contribution in [2.45, 2.75) is 0 Å². The molecule has 19 heavy (non-hydrogen) atoms. The van der Waals surface area contributed by atoms with Crippen LogP contribution in [0.1, 0.15) is 0 Å². The third-order valence-corrected chi connectivity index (χ3v) is 2.87. The first-order valence-electron chi connectivity index (χ1n) is 5.16. The largest absolute Gasteiger partial charge is 0.466 e. The first-order valence-corrected chi connectivity index (χ1v) is 6.29. The summed E-state index contributed by atoms with van der Waals surface area (Å²) in [7, 11) is 0. The Bertz CT molecular complexity index is 582. The molecule has 0 fully saturated rings. The Morgan fingerprint density at radius 1 is 1.05 bits per heavy atom. The van der Waals surface area contributed by atoms with E-state index in [4.69, 9.17) is 39.5 Å². The molecule has 1 heterocycles. The summed E-state index contributed by atoms with van der Waals surface area (Å²) in [6.07, 6.45) is 2.57. The van der Waals surface area contributed by atoms with Gasteiger partial charge in [0.1, 0.15) is 0 Å². The fraction of sp³-hybridized carbons (Fsp3) is 0. The Hall–Kier alpha value is -1.49. The summed E-state index contributed by atoms with van der Waals surface area (Å²) in [6.45, 7) is 0. The second-order valence-corrected chi connectivity index (χ2v) is 4.73. The van der Waals surface area contributed by atoms with Gasteiger partial charge in [0.2, 0.25) is 0 Å². The van der Waals surface area contributed by atoms with Crippen molar-refractivity contribution >= 4 is 40.9 Å². The number of carbonyl (C=O) groups excluding carboxylic acids is 1. The monoisotopic (exact) mass is 317 g/mol. The fourth-order valence-electron chi connectivity index (χ4n) is 1.32. The molecule has 0 bridgehead atoms. The molecule has 1 aromatic heterocycles. The number of halogens is 3. The summed E-state index contributed by atoms with van der Waals surface area (Å²) in [5, 5.41) is 0.677. The van der Waals surface area contributed by atoms with Crippen molar-refractivity contribution in [3.63, 3.8) is 0 Å². The van der Waals surface area contributed by atoms with E-state index >= 15 is 0 Å². The normalized spacial score (nSPS) is 10.1. The van der Waals surface area contributed by atoms with E-state index in [1.807, 2.05) is 6.07 Å². The molecule has 1 aromatic carbocycles. The quantitative estimate of drug-likeness (QED) is 0.858. The highest BCUT2D eigenvalue weighted by molar-refractivity contribution is 6.40. The topological polar surface area (TPSA) is 42.2 Å². The third-order valence-electron chi connectivity index (χ3n) is 2.09. The van der Waals surface area contributed by atoms with E-state index < -0.39 is 6.09 Å². The fourth-order valence-corrected chi connectivity index (χ4v) is 2.21. The highest BCUT2D eigenvalue weighted by atomic mass is 35.5. The predicted molar refractivity (Wildman–Crippen MR) is 73.5 cm³/mol. The molecule has 0 unspecified atom stereocenters. The van der Waals surface area contributed by atoms with Gasteiger partial charge in [-0.05, 0) is 12.1 Å². The number of rotatable bonds is 2. The molecule has 0 aliphatic heterocycles. The molecule has 2 aromatic rings. The van der Waals surface area contributed by atoms with Crippen LogP contribution < -0.4 is 14.8 Å². The highest BCUT2D eigenvalue weighted by Crippen LogP contribution is 2.35. The maximum atomic E-state index is 11.7. The number of hydrogen-bond acceptors (Lipinski definition) is 2. The van der Waals surface area contributed by atoms with Gasteiger partial charge in [-0.2, -0.15) is 0 Å². The zero-order chi connectivity index (χ0) is 13.8. The lowest BCUT2D eigenvalue weighted by molar-refractivity contribution is -0.642. The van der Waals surface area contributed by atoms with Crippen LogP contribution in [0.4, 0.5) is 4.79 Å². The van der Waals surface area contributed by atoms with Crippen molar-refractivity contribution in [3.05, 3.63) is 57.8 Å². The van der Waals surface area contributed by atoms with Crippen LogP contribution in [0.2, 0.25) is 15.1 Å². The SMILES string of the molecule is O=C(N[n+]1ccccc1)Oc1c(Cl)cc(Cl)cc1Cl. The van der Waals surface area contributed by atoms with Gasteiger partial charge in [-0.15, -0.1) is 0 Å². The number of pyridine rings is 1. The number of nitrogens with one attached hydrogen (secondary N) is 1. The Balaban J connectivity index is 2.12. The van der Waals surface area contributed by atoms with Gasteiger partial charge < -0.3 is 4.74 Å². The Labute approximate surface area is 124 Å². The summed E-state index contributed by atoms with van der Waals surface area (Å²) in [5.41, 5.74) is 2.46. The van der Waals surface area contributed by atoms with Crippen molar-refractivity contribution in [3.8, 4) is 5.75 Å². The van der Waals surface area contributed by atoms with Gasteiger partial charge >= 0.3 is 6.09 Å². The minimum absolute atomic E-state index is 0.0572. The van der Waals surface area contributed by atoms with E-state index in [2.05, 4.69) is 5.43 Å². The lowest BCUT2D eigenvalue weighted by Gasteiger charge is -2.07. The zero-order valence-corrected chi connectivity index (χ0v) is 11.7. The number of hydrogen-bond donors (Lipinski definition) is 1. The minimum Gasteiger partial charge on any atom is -0.404 e. The molecule has 0 atom stereocenters. The second kappa shape index (κ2) is 6.10. The van der Waals surface area contributed by atoms with E-state index in [9.17, 15) is 4.79 Å². The number of benzene rings is 1. The Morgan fingerprint density at radius 3 is 2.21 bits per heavy atom. The van der Waals surface area contributed by atoms with Crippen LogP contribution in [0.5, 0.6) is 5.75 Å². The maximum Gasteiger partial charge on any atom is 0.466 e. The predicted octanol–water partition coefficient (Wildman–Crippen LogP) is 3.68. The summed E-state index contributed by atoms with van der Waals surface area (Å²) in [4.78, 5) is 11.7. The molecular formula is C12H8Cl3N2O2+. The minimum atomic E-state index is -0.720. The van der Waals surface area contributed by atoms with Crippen LogP contribution in [0, 0.1) is 0 Å². The van der Waals surface area contributed by atoms with Crippen LogP contribution in [0.15, 0.2) is 42.7 Å². The van der Waals surface area contributed by atoms with Crippen molar-refractivity contribution in [2.24, 2.45) is 0 Å². The van der Waals surface area contributed by atoms with Crippen molar-refractivity contribution in [1.82, 2.24) is 0 Å². The van der Waals surface area contributed by atoms with Gasteiger partial charge in [0.05, 0.1) is 10.0 Å².